The Labute approximate surface area is 104 Å². The van der Waals surface area contributed by atoms with Gasteiger partial charge in [0, 0.05) is 19.2 Å². The number of carbonyl (C=O) groups excluding carboxylic acids is 1. The first-order chi connectivity index (χ1) is 7.67. The fourth-order valence-corrected chi connectivity index (χ4v) is 1.73. The van der Waals surface area contributed by atoms with Crippen LogP contribution in [0.5, 0.6) is 0 Å². The van der Waals surface area contributed by atoms with E-state index in [1.54, 1.807) is 17.0 Å². The molecule has 1 N–H and O–H groups in total. The van der Waals surface area contributed by atoms with Gasteiger partial charge in [-0.1, -0.05) is 13.8 Å². The third-order valence-corrected chi connectivity index (χ3v) is 2.50. The summed E-state index contributed by atoms with van der Waals surface area (Å²) in [6.07, 6.45) is 1.91. The Morgan fingerprint density at radius 1 is 1.38 bits per heavy atom. The minimum atomic E-state index is -0.106. The number of hydrogen-bond donors (Lipinski definition) is 1. The summed E-state index contributed by atoms with van der Waals surface area (Å²) in [6, 6.07) is 3.36. The molecule has 0 radical (unpaired) electrons. The molecule has 0 bridgehead atoms. The van der Waals surface area contributed by atoms with Gasteiger partial charge in [-0.25, -0.2) is 4.79 Å². The molecule has 16 heavy (non-hydrogen) atoms. The maximum absolute atomic E-state index is 11.8. The number of carbonyl (C=O) groups is 1. The van der Waals surface area contributed by atoms with E-state index >= 15 is 0 Å². The van der Waals surface area contributed by atoms with E-state index in [9.17, 15) is 4.79 Å². The minimum absolute atomic E-state index is 0.106. The fraction of sp³-hybridized carbons (Fsp3) is 0.545. The summed E-state index contributed by atoms with van der Waals surface area (Å²) < 4.78 is 5.83. The molecule has 2 amide bonds. The van der Waals surface area contributed by atoms with Gasteiger partial charge in [-0.05, 0) is 34.8 Å². The second-order valence-electron chi connectivity index (χ2n) is 3.52. The smallest absolute Gasteiger partial charge is 0.324 e. The number of hydrogen-bond acceptors (Lipinski definition) is 2. The molecule has 0 aliphatic carbocycles. The lowest BCUT2D eigenvalue weighted by Gasteiger charge is -2.20. The standard InChI is InChI=1S/C11H17BrN2O2/c1-3-7-14(8-4-2)11(15)13-10-6-5-9(12)16-10/h5-6H,3-4,7-8H2,1-2H3,(H,13,15). The third kappa shape index (κ3) is 3.89. The molecule has 4 nitrogen and oxygen atoms in total. The predicted octanol–water partition coefficient (Wildman–Crippen LogP) is 3.70. The van der Waals surface area contributed by atoms with Gasteiger partial charge in [0.15, 0.2) is 4.67 Å². The summed E-state index contributed by atoms with van der Waals surface area (Å²) in [5.74, 6) is 0.467. The molecule has 0 spiro atoms. The normalized spacial score (nSPS) is 10.2. The summed E-state index contributed by atoms with van der Waals surface area (Å²) in [6.45, 7) is 5.64. The van der Waals surface area contributed by atoms with E-state index in [2.05, 4.69) is 35.1 Å². The second-order valence-corrected chi connectivity index (χ2v) is 4.30. The quantitative estimate of drug-likeness (QED) is 0.898. The van der Waals surface area contributed by atoms with E-state index in [0.717, 1.165) is 25.9 Å². The van der Waals surface area contributed by atoms with Crippen LogP contribution in [0.4, 0.5) is 10.7 Å². The van der Waals surface area contributed by atoms with Crippen molar-refractivity contribution in [1.29, 1.82) is 0 Å². The molecule has 1 rings (SSSR count). The van der Waals surface area contributed by atoms with Gasteiger partial charge in [0.2, 0.25) is 5.88 Å². The van der Waals surface area contributed by atoms with Gasteiger partial charge in [0.1, 0.15) is 0 Å². The maximum atomic E-state index is 11.8. The van der Waals surface area contributed by atoms with Crippen molar-refractivity contribution in [3.05, 3.63) is 16.8 Å². The van der Waals surface area contributed by atoms with E-state index in [-0.39, 0.29) is 6.03 Å². The zero-order valence-corrected chi connectivity index (χ0v) is 11.2. The van der Waals surface area contributed by atoms with Crippen molar-refractivity contribution in [2.45, 2.75) is 26.7 Å². The Morgan fingerprint density at radius 2 is 2.00 bits per heavy atom. The number of furan rings is 1. The monoisotopic (exact) mass is 288 g/mol. The van der Waals surface area contributed by atoms with Crippen LogP contribution in [0.2, 0.25) is 0 Å². The largest absolute Gasteiger partial charge is 0.434 e. The van der Waals surface area contributed by atoms with Crippen molar-refractivity contribution in [1.82, 2.24) is 4.90 Å². The highest BCUT2D eigenvalue weighted by atomic mass is 79.9. The predicted molar refractivity (Wildman–Crippen MR) is 67.6 cm³/mol. The van der Waals surface area contributed by atoms with E-state index in [1.165, 1.54) is 0 Å². The zero-order valence-electron chi connectivity index (χ0n) is 9.62. The molecular formula is C11H17BrN2O2. The van der Waals surface area contributed by atoms with Gasteiger partial charge in [0.25, 0.3) is 0 Å². The summed E-state index contributed by atoms with van der Waals surface area (Å²) in [7, 11) is 0. The molecule has 0 aromatic carbocycles. The summed E-state index contributed by atoms with van der Waals surface area (Å²) in [5.41, 5.74) is 0. The van der Waals surface area contributed by atoms with E-state index in [4.69, 9.17) is 4.42 Å². The summed E-state index contributed by atoms with van der Waals surface area (Å²) in [4.78, 5) is 13.6. The molecule has 0 unspecified atom stereocenters. The Bertz CT molecular complexity index is 332. The molecule has 1 aromatic heterocycles. The Balaban J connectivity index is 2.54. The Morgan fingerprint density at radius 3 is 2.44 bits per heavy atom. The Kier molecular flexibility index (Phi) is 5.38. The van der Waals surface area contributed by atoms with E-state index in [1.807, 2.05) is 0 Å². The lowest BCUT2D eigenvalue weighted by Crippen LogP contribution is -2.36. The molecular weight excluding hydrogens is 272 g/mol. The van der Waals surface area contributed by atoms with Crippen LogP contribution in [0.3, 0.4) is 0 Å². The van der Waals surface area contributed by atoms with Crippen LogP contribution >= 0.6 is 15.9 Å². The third-order valence-electron chi connectivity index (χ3n) is 2.08. The second kappa shape index (κ2) is 6.58. The van der Waals surface area contributed by atoms with Gasteiger partial charge in [0.05, 0.1) is 0 Å². The molecule has 0 saturated carbocycles. The topological polar surface area (TPSA) is 45.5 Å². The van der Waals surface area contributed by atoms with Gasteiger partial charge in [-0.3, -0.25) is 5.32 Å². The zero-order chi connectivity index (χ0) is 12.0. The van der Waals surface area contributed by atoms with Crippen LogP contribution in [-0.4, -0.2) is 24.0 Å². The van der Waals surface area contributed by atoms with Crippen LogP contribution in [-0.2, 0) is 0 Å². The van der Waals surface area contributed by atoms with E-state index in [0.29, 0.717) is 10.6 Å². The number of amides is 2. The molecule has 0 aliphatic heterocycles. The number of urea groups is 1. The molecule has 0 atom stereocenters. The van der Waals surface area contributed by atoms with Crippen molar-refractivity contribution in [2.75, 3.05) is 18.4 Å². The van der Waals surface area contributed by atoms with Crippen LogP contribution in [0, 0.1) is 0 Å². The van der Waals surface area contributed by atoms with Crippen molar-refractivity contribution < 1.29 is 9.21 Å². The molecule has 1 aromatic rings. The first kappa shape index (κ1) is 13.1. The van der Waals surface area contributed by atoms with Gasteiger partial charge < -0.3 is 9.32 Å². The van der Waals surface area contributed by atoms with Crippen molar-refractivity contribution in [2.24, 2.45) is 0 Å². The molecule has 0 fully saturated rings. The lowest BCUT2D eigenvalue weighted by atomic mass is 10.4. The van der Waals surface area contributed by atoms with Crippen LogP contribution in [0.15, 0.2) is 21.2 Å². The maximum Gasteiger partial charge on any atom is 0.324 e. The number of nitrogens with one attached hydrogen (secondary N) is 1. The highest BCUT2D eigenvalue weighted by molar-refractivity contribution is 9.10. The molecule has 1 heterocycles. The van der Waals surface area contributed by atoms with Gasteiger partial charge in [-0.15, -0.1) is 0 Å². The van der Waals surface area contributed by atoms with Crippen LogP contribution in [0.25, 0.3) is 0 Å². The van der Waals surface area contributed by atoms with Crippen LogP contribution in [0.1, 0.15) is 26.7 Å². The highest BCUT2D eigenvalue weighted by Crippen LogP contribution is 2.18. The number of halogens is 1. The number of rotatable bonds is 5. The first-order valence-electron chi connectivity index (χ1n) is 5.48. The summed E-state index contributed by atoms with van der Waals surface area (Å²) in [5, 5.41) is 2.72. The number of anilines is 1. The first-order valence-corrected chi connectivity index (χ1v) is 6.28. The van der Waals surface area contributed by atoms with E-state index < -0.39 is 0 Å². The fourth-order valence-electron chi connectivity index (χ4n) is 1.42. The van der Waals surface area contributed by atoms with Crippen molar-refractivity contribution >= 4 is 27.8 Å². The van der Waals surface area contributed by atoms with Crippen molar-refractivity contribution in [3.63, 3.8) is 0 Å². The average molecular weight is 289 g/mol. The molecule has 5 heteroatoms. The molecule has 0 aliphatic rings. The Hall–Kier alpha value is -0.970. The molecule has 90 valence electrons. The number of nitrogens with zero attached hydrogens (tertiary/aromatic N) is 1. The van der Waals surface area contributed by atoms with Gasteiger partial charge >= 0.3 is 6.03 Å². The summed E-state index contributed by atoms with van der Waals surface area (Å²) >= 11 is 3.19. The highest BCUT2D eigenvalue weighted by Gasteiger charge is 2.12. The lowest BCUT2D eigenvalue weighted by molar-refractivity contribution is 0.211. The SMILES string of the molecule is CCCN(CCC)C(=O)Nc1ccc(Br)o1. The molecule has 0 saturated heterocycles. The van der Waals surface area contributed by atoms with Crippen LogP contribution < -0.4 is 5.32 Å². The minimum Gasteiger partial charge on any atom is -0.434 e. The van der Waals surface area contributed by atoms with Gasteiger partial charge in [-0.2, -0.15) is 0 Å². The van der Waals surface area contributed by atoms with Crippen molar-refractivity contribution in [3.8, 4) is 0 Å². The average Bonchev–Trinajstić information content (AvgIpc) is 2.63.